The Hall–Kier alpha value is -1.10. The van der Waals surface area contributed by atoms with Gasteiger partial charge in [-0.25, -0.2) is 0 Å². The quantitative estimate of drug-likeness (QED) is 0.634. The fraction of sp³-hybridized carbons (Fsp3) is 0.889. The highest BCUT2D eigenvalue weighted by Gasteiger charge is 2.58. The molecule has 0 aromatic rings. The lowest BCUT2D eigenvalue weighted by Gasteiger charge is -2.36. The van der Waals surface area contributed by atoms with Crippen LogP contribution in [0.2, 0.25) is 0 Å². The summed E-state index contributed by atoms with van der Waals surface area (Å²) in [5, 5.41) is 3.20. The standard InChI is InChI=1S/C18H31N3O2/c1-2-20-11-13-21(14-12-20)17(23)18(9-10-18)16(22)19-15-7-5-3-4-6-8-15/h15H,2-14H2,1H3,(H,19,22). The van der Waals surface area contributed by atoms with Gasteiger partial charge in [0.1, 0.15) is 5.41 Å². The van der Waals surface area contributed by atoms with Crippen LogP contribution >= 0.6 is 0 Å². The van der Waals surface area contributed by atoms with Crippen LogP contribution in [0.4, 0.5) is 0 Å². The largest absolute Gasteiger partial charge is 0.352 e. The molecule has 0 unspecified atom stereocenters. The fourth-order valence-corrected chi connectivity index (χ4v) is 3.98. The zero-order chi connectivity index (χ0) is 16.3. The van der Waals surface area contributed by atoms with E-state index in [1.165, 1.54) is 25.7 Å². The van der Waals surface area contributed by atoms with Crippen molar-refractivity contribution in [2.75, 3.05) is 32.7 Å². The molecule has 23 heavy (non-hydrogen) atoms. The second-order valence-electron chi connectivity index (χ2n) is 7.47. The van der Waals surface area contributed by atoms with Crippen molar-refractivity contribution in [3.05, 3.63) is 0 Å². The third kappa shape index (κ3) is 3.70. The van der Waals surface area contributed by atoms with Crippen molar-refractivity contribution < 1.29 is 9.59 Å². The van der Waals surface area contributed by atoms with Crippen molar-refractivity contribution in [1.82, 2.24) is 15.1 Å². The smallest absolute Gasteiger partial charge is 0.238 e. The lowest BCUT2D eigenvalue weighted by atomic mass is 10.0. The van der Waals surface area contributed by atoms with Gasteiger partial charge in [0.05, 0.1) is 0 Å². The number of rotatable bonds is 4. The number of hydrogen-bond acceptors (Lipinski definition) is 3. The maximum atomic E-state index is 12.9. The fourth-order valence-electron chi connectivity index (χ4n) is 3.98. The molecular formula is C18H31N3O2. The van der Waals surface area contributed by atoms with Crippen LogP contribution in [0.15, 0.2) is 0 Å². The van der Waals surface area contributed by atoms with Crippen LogP contribution in [0.25, 0.3) is 0 Å². The first-order valence-electron chi connectivity index (χ1n) is 9.48. The number of amides is 2. The molecule has 1 heterocycles. The number of nitrogens with zero attached hydrogens (tertiary/aromatic N) is 2. The molecule has 2 saturated carbocycles. The highest BCUT2D eigenvalue weighted by molar-refractivity contribution is 6.08. The van der Waals surface area contributed by atoms with Crippen molar-refractivity contribution in [1.29, 1.82) is 0 Å². The molecule has 3 aliphatic rings. The number of nitrogens with one attached hydrogen (secondary N) is 1. The van der Waals surface area contributed by atoms with Crippen LogP contribution in [-0.2, 0) is 9.59 Å². The maximum absolute atomic E-state index is 12.9. The van der Waals surface area contributed by atoms with Gasteiger partial charge in [0.2, 0.25) is 11.8 Å². The van der Waals surface area contributed by atoms with Gasteiger partial charge in [-0.05, 0) is 32.2 Å². The van der Waals surface area contributed by atoms with Crippen LogP contribution in [0.1, 0.15) is 58.3 Å². The summed E-state index contributed by atoms with van der Waals surface area (Å²) < 4.78 is 0. The lowest BCUT2D eigenvalue weighted by Crippen LogP contribution is -2.53. The molecule has 1 aliphatic heterocycles. The zero-order valence-corrected chi connectivity index (χ0v) is 14.5. The van der Waals surface area contributed by atoms with Crippen molar-refractivity contribution in [3.63, 3.8) is 0 Å². The molecule has 130 valence electrons. The van der Waals surface area contributed by atoms with E-state index in [4.69, 9.17) is 0 Å². The number of likely N-dealkylation sites (N-methyl/N-ethyl adjacent to an activating group) is 1. The Morgan fingerprint density at radius 1 is 1.00 bits per heavy atom. The Balaban J connectivity index is 1.55. The first kappa shape index (κ1) is 16.7. The molecule has 0 atom stereocenters. The summed E-state index contributed by atoms with van der Waals surface area (Å²) in [7, 11) is 0. The SMILES string of the molecule is CCN1CCN(C(=O)C2(C(=O)NC3CCCCCC3)CC2)CC1. The predicted octanol–water partition coefficient (Wildman–Crippen LogP) is 1.77. The van der Waals surface area contributed by atoms with Crippen LogP contribution in [0, 0.1) is 5.41 Å². The monoisotopic (exact) mass is 321 g/mol. The minimum Gasteiger partial charge on any atom is -0.352 e. The lowest BCUT2D eigenvalue weighted by molar-refractivity contribution is -0.145. The van der Waals surface area contributed by atoms with E-state index in [1.807, 2.05) is 4.90 Å². The number of carbonyl (C=O) groups is 2. The minimum atomic E-state index is -0.722. The van der Waals surface area contributed by atoms with E-state index in [0.29, 0.717) is 0 Å². The Morgan fingerprint density at radius 2 is 1.61 bits per heavy atom. The molecule has 3 rings (SSSR count). The van der Waals surface area contributed by atoms with E-state index < -0.39 is 5.41 Å². The van der Waals surface area contributed by atoms with Gasteiger partial charge >= 0.3 is 0 Å². The third-order valence-electron chi connectivity index (χ3n) is 5.89. The van der Waals surface area contributed by atoms with Crippen molar-refractivity contribution in [2.45, 2.75) is 64.3 Å². The van der Waals surface area contributed by atoms with Gasteiger partial charge in [-0.1, -0.05) is 32.6 Å². The topological polar surface area (TPSA) is 52.7 Å². The van der Waals surface area contributed by atoms with Crippen LogP contribution in [0.5, 0.6) is 0 Å². The van der Waals surface area contributed by atoms with Gasteiger partial charge in [-0.3, -0.25) is 9.59 Å². The van der Waals surface area contributed by atoms with Gasteiger partial charge in [0.25, 0.3) is 0 Å². The van der Waals surface area contributed by atoms with Gasteiger partial charge in [0.15, 0.2) is 0 Å². The normalized spacial score (nSPS) is 25.7. The highest BCUT2D eigenvalue weighted by atomic mass is 16.2. The van der Waals surface area contributed by atoms with E-state index in [9.17, 15) is 9.59 Å². The van der Waals surface area contributed by atoms with Crippen molar-refractivity contribution in [2.24, 2.45) is 5.41 Å². The molecule has 2 aliphatic carbocycles. The molecule has 0 aromatic carbocycles. The van der Waals surface area contributed by atoms with Crippen LogP contribution < -0.4 is 5.32 Å². The van der Waals surface area contributed by atoms with E-state index >= 15 is 0 Å². The second-order valence-corrected chi connectivity index (χ2v) is 7.47. The minimum absolute atomic E-state index is 0.00678. The number of carbonyl (C=O) groups excluding carboxylic acids is 2. The van der Waals surface area contributed by atoms with Crippen molar-refractivity contribution in [3.8, 4) is 0 Å². The Labute approximate surface area is 139 Å². The zero-order valence-electron chi connectivity index (χ0n) is 14.5. The van der Waals surface area contributed by atoms with E-state index in [2.05, 4.69) is 17.1 Å². The summed E-state index contributed by atoms with van der Waals surface area (Å²) in [5.41, 5.74) is -0.722. The molecule has 1 saturated heterocycles. The average Bonchev–Trinajstić information content (AvgIpc) is 3.40. The number of piperazine rings is 1. The van der Waals surface area contributed by atoms with Gasteiger partial charge in [0, 0.05) is 32.2 Å². The molecule has 0 aromatic heterocycles. The molecule has 0 radical (unpaired) electrons. The average molecular weight is 321 g/mol. The molecule has 5 heteroatoms. The first-order valence-corrected chi connectivity index (χ1v) is 9.48. The molecule has 2 amide bonds. The third-order valence-corrected chi connectivity index (χ3v) is 5.89. The highest BCUT2D eigenvalue weighted by Crippen LogP contribution is 2.48. The molecule has 0 spiro atoms. The van der Waals surface area contributed by atoms with E-state index in [0.717, 1.165) is 58.4 Å². The van der Waals surface area contributed by atoms with E-state index in [1.54, 1.807) is 0 Å². The molecule has 3 fully saturated rings. The molecular weight excluding hydrogens is 290 g/mol. The Bertz CT molecular complexity index is 432. The summed E-state index contributed by atoms with van der Waals surface area (Å²) in [6.45, 7) is 6.59. The first-order chi connectivity index (χ1) is 11.2. The maximum Gasteiger partial charge on any atom is 0.238 e. The van der Waals surface area contributed by atoms with Crippen molar-refractivity contribution >= 4 is 11.8 Å². The molecule has 5 nitrogen and oxygen atoms in total. The summed E-state index contributed by atoms with van der Waals surface area (Å²) in [5.74, 6) is 0.0895. The van der Waals surface area contributed by atoms with Crippen LogP contribution in [-0.4, -0.2) is 60.4 Å². The Kier molecular flexibility index (Phi) is 5.24. The summed E-state index contributed by atoms with van der Waals surface area (Å²) in [6, 6.07) is 0.284. The van der Waals surface area contributed by atoms with E-state index in [-0.39, 0.29) is 17.9 Å². The van der Waals surface area contributed by atoms with Gasteiger partial charge < -0.3 is 15.1 Å². The predicted molar refractivity (Wildman–Crippen MR) is 90.0 cm³/mol. The summed E-state index contributed by atoms with van der Waals surface area (Å²) in [4.78, 5) is 29.9. The molecule has 1 N–H and O–H groups in total. The number of hydrogen-bond donors (Lipinski definition) is 1. The molecule has 0 bridgehead atoms. The summed E-state index contributed by atoms with van der Waals surface area (Å²) in [6.07, 6.45) is 8.57. The summed E-state index contributed by atoms with van der Waals surface area (Å²) >= 11 is 0. The van der Waals surface area contributed by atoms with Gasteiger partial charge in [-0.2, -0.15) is 0 Å². The second kappa shape index (κ2) is 7.20. The van der Waals surface area contributed by atoms with Crippen LogP contribution in [0.3, 0.4) is 0 Å². The van der Waals surface area contributed by atoms with Gasteiger partial charge in [-0.15, -0.1) is 0 Å². The Morgan fingerprint density at radius 3 is 2.13 bits per heavy atom.